The van der Waals surface area contributed by atoms with Crippen molar-refractivity contribution in [1.29, 1.82) is 0 Å². The van der Waals surface area contributed by atoms with E-state index in [4.69, 9.17) is 9.84 Å². The highest BCUT2D eigenvalue weighted by Gasteiger charge is 2.10. The summed E-state index contributed by atoms with van der Waals surface area (Å²) in [5, 5.41) is 8.68. The molecule has 0 heterocycles. The number of carboxylic acids is 1. The molecule has 0 bridgehead atoms. The third kappa shape index (κ3) is 5.75. The second-order valence-electron chi connectivity index (χ2n) is 4.91. The highest BCUT2D eigenvalue weighted by molar-refractivity contribution is 5.66. The minimum Gasteiger partial charge on any atom is -0.497 e. The SMILES string of the molecule is COc1ccc(CN(CCCC(=O)O)C(C)C)cc1. The molecule has 0 atom stereocenters. The molecule has 0 saturated heterocycles. The molecule has 0 aliphatic rings. The molecule has 0 saturated carbocycles. The van der Waals surface area contributed by atoms with Gasteiger partial charge in [0.05, 0.1) is 7.11 Å². The van der Waals surface area contributed by atoms with Crippen molar-refractivity contribution in [1.82, 2.24) is 4.90 Å². The average Bonchev–Trinajstić information content (AvgIpc) is 2.37. The van der Waals surface area contributed by atoms with E-state index in [1.165, 1.54) is 5.56 Å². The molecule has 106 valence electrons. The molecule has 4 heteroatoms. The van der Waals surface area contributed by atoms with Crippen LogP contribution in [0.15, 0.2) is 24.3 Å². The third-order valence-electron chi connectivity index (χ3n) is 3.11. The van der Waals surface area contributed by atoms with E-state index in [9.17, 15) is 4.79 Å². The Balaban J connectivity index is 2.54. The van der Waals surface area contributed by atoms with Crippen molar-refractivity contribution < 1.29 is 14.6 Å². The first-order valence-corrected chi connectivity index (χ1v) is 6.61. The van der Waals surface area contributed by atoms with Crippen LogP contribution in [0.25, 0.3) is 0 Å². The molecule has 19 heavy (non-hydrogen) atoms. The minimum absolute atomic E-state index is 0.228. The van der Waals surface area contributed by atoms with E-state index in [-0.39, 0.29) is 6.42 Å². The molecule has 0 spiro atoms. The number of carbonyl (C=O) groups is 1. The maximum absolute atomic E-state index is 10.5. The second-order valence-corrected chi connectivity index (χ2v) is 4.91. The maximum Gasteiger partial charge on any atom is 0.303 e. The number of ether oxygens (including phenoxy) is 1. The number of benzene rings is 1. The summed E-state index contributed by atoms with van der Waals surface area (Å²) in [6, 6.07) is 8.39. The number of rotatable bonds is 8. The fourth-order valence-electron chi connectivity index (χ4n) is 1.92. The van der Waals surface area contributed by atoms with Gasteiger partial charge in [-0.2, -0.15) is 0 Å². The van der Waals surface area contributed by atoms with Crippen molar-refractivity contribution in [3.05, 3.63) is 29.8 Å². The fourth-order valence-corrected chi connectivity index (χ4v) is 1.92. The van der Waals surface area contributed by atoms with Gasteiger partial charge in [-0.3, -0.25) is 9.69 Å². The predicted molar refractivity (Wildman–Crippen MR) is 75.4 cm³/mol. The molecule has 0 aromatic heterocycles. The summed E-state index contributed by atoms with van der Waals surface area (Å²) in [5.74, 6) is 0.124. The number of methoxy groups -OCH3 is 1. The molecule has 4 nitrogen and oxygen atoms in total. The zero-order chi connectivity index (χ0) is 14.3. The predicted octanol–water partition coefficient (Wildman–Crippen LogP) is 2.77. The minimum atomic E-state index is -0.729. The molecule has 0 aliphatic carbocycles. The van der Waals surface area contributed by atoms with Gasteiger partial charge >= 0.3 is 5.97 Å². The van der Waals surface area contributed by atoms with Gasteiger partial charge in [0.25, 0.3) is 0 Å². The van der Waals surface area contributed by atoms with Gasteiger partial charge < -0.3 is 9.84 Å². The van der Waals surface area contributed by atoms with Crippen LogP contribution in [-0.4, -0.2) is 35.7 Å². The fraction of sp³-hybridized carbons (Fsp3) is 0.533. The Morgan fingerprint density at radius 2 is 1.95 bits per heavy atom. The van der Waals surface area contributed by atoms with E-state index in [1.807, 2.05) is 24.3 Å². The van der Waals surface area contributed by atoms with E-state index in [0.29, 0.717) is 12.5 Å². The van der Waals surface area contributed by atoms with Crippen molar-refractivity contribution in [2.75, 3.05) is 13.7 Å². The lowest BCUT2D eigenvalue weighted by Crippen LogP contribution is -2.31. The van der Waals surface area contributed by atoms with Crippen molar-refractivity contribution >= 4 is 5.97 Å². The molecule has 0 unspecified atom stereocenters. The molecule has 0 amide bonds. The zero-order valence-electron chi connectivity index (χ0n) is 11.9. The Morgan fingerprint density at radius 1 is 1.32 bits per heavy atom. The van der Waals surface area contributed by atoms with E-state index >= 15 is 0 Å². The molecule has 1 aromatic carbocycles. The highest BCUT2D eigenvalue weighted by atomic mass is 16.5. The van der Waals surface area contributed by atoms with Crippen molar-refractivity contribution in [2.24, 2.45) is 0 Å². The summed E-state index contributed by atoms with van der Waals surface area (Å²) in [6.45, 7) is 5.89. The number of aliphatic carboxylic acids is 1. The van der Waals surface area contributed by atoms with Crippen LogP contribution in [0.2, 0.25) is 0 Å². The topological polar surface area (TPSA) is 49.8 Å². The number of hydrogen-bond acceptors (Lipinski definition) is 3. The summed E-state index contributed by atoms with van der Waals surface area (Å²) >= 11 is 0. The lowest BCUT2D eigenvalue weighted by Gasteiger charge is -2.26. The lowest BCUT2D eigenvalue weighted by molar-refractivity contribution is -0.137. The van der Waals surface area contributed by atoms with E-state index < -0.39 is 5.97 Å². The monoisotopic (exact) mass is 265 g/mol. The number of hydrogen-bond donors (Lipinski definition) is 1. The van der Waals surface area contributed by atoms with E-state index in [0.717, 1.165) is 18.8 Å². The van der Waals surface area contributed by atoms with Gasteiger partial charge in [0.1, 0.15) is 5.75 Å². The molecule has 0 aliphatic heterocycles. The Bertz CT molecular complexity index is 387. The van der Waals surface area contributed by atoms with E-state index in [1.54, 1.807) is 7.11 Å². The van der Waals surface area contributed by atoms with Crippen LogP contribution in [0.5, 0.6) is 5.75 Å². The van der Waals surface area contributed by atoms with Gasteiger partial charge in [-0.25, -0.2) is 0 Å². The van der Waals surface area contributed by atoms with Crippen LogP contribution >= 0.6 is 0 Å². The largest absolute Gasteiger partial charge is 0.497 e. The van der Waals surface area contributed by atoms with Gasteiger partial charge in [0, 0.05) is 19.0 Å². The van der Waals surface area contributed by atoms with Crippen LogP contribution in [0.1, 0.15) is 32.3 Å². The van der Waals surface area contributed by atoms with Gasteiger partial charge in [-0.05, 0) is 44.5 Å². The van der Waals surface area contributed by atoms with Crippen LogP contribution in [0.3, 0.4) is 0 Å². The van der Waals surface area contributed by atoms with Crippen LogP contribution in [0.4, 0.5) is 0 Å². The Morgan fingerprint density at radius 3 is 2.42 bits per heavy atom. The molecule has 1 aromatic rings. The van der Waals surface area contributed by atoms with Crippen molar-refractivity contribution in [2.45, 2.75) is 39.3 Å². The van der Waals surface area contributed by atoms with Gasteiger partial charge in [0.2, 0.25) is 0 Å². The van der Waals surface area contributed by atoms with E-state index in [2.05, 4.69) is 18.7 Å². The molecule has 1 rings (SSSR count). The van der Waals surface area contributed by atoms with Crippen LogP contribution in [-0.2, 0) is 11.3 Å². The Kier molecular flexibility index (Phi) is 6.36. The first-order valence-electron chi connectivity index (χ1n) is 6.61. The van der Waals surface area contributed by atoms with Crippen molar-refractivity contribution in [3.63, 3.8) is 0 Å². The first-order chi connectivity index (χ1) is 9.02. The second kappa shape index (κ2) is 7.79. The van der Waals surface area contributed by atoms with Crippen LogP contribution in [0, 0.1) is 0 Å². The quantitative estimate of drug-likeness (QED) is 0.785. The maximum atomic E-state index is 10.5. The Labute approximate surface area is 115 Å². The summed E-state index contributed by atoms with van der Waals surface area (Å²) in [4.78, 5) is 12.8. The number of carboxylic acid groups (broad SMARTS) is 1. The van der Waals surface area contributed by atoms with Crippen LogP contribution < -0.4 is 4.74 Å². The normalized spacial score (nSPS) is 11.0. The van der Waals surface area contributed by atoms with Gasteiger partial charge in [-0.1, -0.05) is 12.1 Å². The molecule has 0 radical (unpaired) electrons. The van der Waals surface area contributed by atoms with Gasteiger partial charge in [-0.15, -0.1) is 0 Å². The summed E-state index contributed by atoms with van der Waals surface area (Å²) < 4.78 is 5.13. The highest BCUT2D eigenvalue weighted by Crippen LogP contribution is 2.14. The van der Waals surface area contributed by atoms with Gasteiger partial charge in [0.15, 0.2) is 0 Å². The Hall–Kier alpha value is -1.55. The average molecular weight is 265 g/mol. The number of nitrogens with zero attached hydrogens (tertiary/aromatic N) is 1. The summed E-state index contributed by atoms with van der Waals surface area (Å²) in [7, 11) is 1.65. The standard InChI is InChI=1S/C15H23NO3/c1-12(2)16(10-4-5-15(17)18)11-13-6-8-14(19-3)9-7-13/h6-9,12H,4-5,10-11H2,1-3H3,(H,17,18). The lowest BCUT2D eigenvalue weighted by atomic mass is 10.1. The molecular formula is C15H23NO3. The summed E-state index contributed by atoms with van der Waals surface area (Å²) in [5.41, 5.74) is 1.21. The molecule has 0 fully saturated rings. The first kappa shape index (κ1) is 15.5. The van der Waals surface area contributed by atoms with Crippen molar-refractivity contribution in [3.8, 4) is 5.75 Å². The molecule has 1 N–H and O–H groups in total. The smallest absolute Gasteiger partial charge is 0.303 e. The zero-order valence-corrected chi connectivity index (χ0v) is 11.9. The molecular weight excluding hydrogens is 242 g/mol. The third-order valence-corrected chi connectivity index (χ3v) is 3.11. The summed E-state index contributed by atoms with van der Waals surface area (Å²) in [6.07, 6.45) is 0.912.